The average molecular weight is 338 g/mol. The molecule has 0 aliphatic carbocycles. The fourth-order valence-corrected chi connectivity index (χ4v) is 2.60. The highest BCUT2D eigenvalue weighted by atomic mass is 16.5. The average Bonchev–Trinajstić information content (AvgIpc) is 2.64. The van der Waals surface area contributed by atoms with Gasteiger partial charge < -0.3 is 14.8 Å². The van der Waals surface area contributed by atoms with Crippen LogP contribution in [0.25, 0.3) is 10.9 Å². The summed E-state index contributed by atoms with van der Waals surface area (Å²) < 4.78 is 11.4. The Morgan fingerprint density at radius 1 is 0.960 bits per heavy atom. The molecule has 0 saturated heterocycles. The number of rotatable bonds is 8. The number of nitrogens with zero attached hydrogens (tertiary/aromatic N) is 3. The largest absolute Gasteiger partial charge is 0.490 e. The molecule has 3 rings (SSSR count). The zero-order valence-corrected chi connectivity index (χ0v) is 14.5. The minimum atomic E-state index is 0.571. The molecule has 0 amide bonds. The van der Waals surface area contributed by atoms with E-state index in [9.17, 15) is 0 Å². The second-order valence-electron chi connectivity index (χ2n) is 5.40. The van der Waals surface area contributed by atoms with Crippen molar-refractivity contribution >= 4 is 16.7 Å². The first-order valence-electron chi connectivity index (χ1n) is 8.50. The van der Waals surface area contributed by atoms with E-state index in [1.54, 1.807) is 12.5 Å². The van der Waals surface area contributed by atoms with E-state index in [2.05, 4.69) is 20.3 Å². The fourth-order valence-electron chi connectivity index (χ4n) is 2.60. The Kier molecular flexibility index (Phi) is 5.61. The van der Waals surface area contributed by atoms with Crippen molar-refractivity contribution in [1.82, 2.24) is 15.0 Å². The van der Waals surface area contributed by atoms with Crippen LogP contribution in [0.5, 0.6) is 11.5 Å². The molecule has 25 heavy (non-hydrogen) atoms. The van der Waals surface area contributed by atoms with E-state index in [1.807, 2.05) is 44.2 Å². The van der Waals surface area contributed by atoms with Crippen LogP contribution in [0.1, 0.15) is 19.5 Å². The normalized spacial score (nSPS) is 10.6. The summed E-state index contributed by atoms with van der Waals surface area (Å²) in [6, 6.07) is 9.76. The molecule has 6 nitrogen and oxygen atoms in total. The van der Waals surface area contributed by atoms with Gasteiger partial charge in [-0.25, -0.2) is 9.97 Å². The maximum Gasteiger partial charge on any atom is 0.163 e. The minimum Gasteiger partial charge on any atom is -0.490 e. The predicted molar refractivity (Wildman–Crippen MR) is 98.3 cm³/mol. The van der Waals surface area contributed by atoms with E-state index < -0.39 is 0 Å². The highest BCUT2D eigenvalue weighted by Gasteiger charge is 2.11. The monoisotopic (exact) mass is 338 g/mol. The maximum absolute atomic E-state index is 5.71. The third-order valence-electron chi connectivity index (χ3n) is 3.70. The molecule has 2 aromatic heterocycles. The molecule has 0 atom stereocenters. The number of nitrogens with one attached hydrogen (secondary N) is 1. The van der Waals surface area contributed by atoms with E-state index in [1.165, 1.54) is 0 Å². The first-order valence-corrected chi connectivity index (χ1v) is 8.50. The van der Waals surface area contributed by atoms with Crippen molar-refractivity contribution in [1.29, 1.82) is 0 Å². The molecule has 0 fully saturated rings. The molecule has 0 saturated carbocycles. The lowest BCUT2D eigenvalue weighted by atomic mass is 10.2. The standard InChI is InChI=1S/C19H22N4O2/c1-3-24-17-11-15-16(12-18(17)25-4-2)22-13-23-19(15)21-10-8-14-7-5-6-9-20-14/h5-7,9,11-13H,3-4,8,10H2,1-2H3,(H,21,22,23). The summed E-state index contributed by atoms with van der Waals surface area (Å²) in [6.45, 7) is 5.78. The highest BCUT2D eigenvalue weighted by Crippen LogP contribution is 2.34. The Balaban J connectivity index is 1.83. The number of pyridine rings is 1. The van der Waals surface area contributed by atoms with Crippen molar-refractivity contribution in [3.8, 4) is 11.5 Å². The molecule has 0 aliphatic heterocycles. The molecule has 0 aliphatic rings. The van der Waals surface area contributed by atoms with Gasteiger partial charge >= 0.3 is 0 Å². The number of aromatic nitrogens is 3. The summed E-state index contributed by atoms with van der Waals surface area (Å²) >= 11 is 0. The van der Waals surface area contributed by atoms with Crippen LogP contribution in [0.2, 0.25) is 0 Å². The fraction of sp³-hybridized carbons (Fsp3) is 0.316. The van der Waals surface area contributed by atoms with E-state index in [0.29, 0.717) is 24.7 Å². The Bertz CT molecular complexity index is 824. The molecular formula is C19H22N4O2. The number of benzene rings is 1. The third-order valence-corrected chi connectivity index (χ3v) is 3.70. The lowest BCUT2D eigenvalue weighted by Gasteiger charge is -2.14. The van der Waals surface area contributed by atoms with Gasteiger partial charge in [-0.15, -0.1) is 0 Å². The van der Waals surface area contributed by atoms with Crippen LogP contribution >= 0.6 is 0 Å². The lowest BCUT2D eigenvalue weighted by Crippen LogP contribution is -2.08. The summed E-state index contributed by atoms with van der Waals surface area (Å²) in [5.74, 6) is 2.19. The summed E-state index contributed by atoms with van der Waals surface area (Å²) in [5.41, 5.74) is 1.87. The lowest BCUT2D eigenvalue weighted by molar-refractivity contribution is 0.288. The van der Waals surface area contributed by atoms with Crippen molar-refractivity contribution in [3.63, 3.8) is 0 Å². The van der Waals surface area contributed by atoms with Crippen molar-refractivity contribution in [2.24, 2.45) is 0 Å². The first kappa shape index (κ1) is 17.0. The molecular weight excluding hydrogens is 316 g/mol. The Morgan fingerprint density at radius 2 is 1.76 bits per heavy atom. The van der Waals surface area contributed by atoms with Crippen LogP contribution < -0.4 is 14.8 Å². The van der Waals surface area contributed by atoms with Crippen LogP contribution in [-0.4, -0.2) is 34.7 Å². The van der Waals surface area contributed by atoms with Gasteiger partial charge in [-0.3, -0.25) is 4.98 Å². The molecule has 6 heteroatoms. The number of hydrogen-bond acceptors (Lipinski definition) is 6. The van der Waals surface area contributed by atoms with Crippen LogP contribution in [0.15, 0.2) is 42.9 Å². The van der Waals surface area contributed by atoms with Gasteiger partial charge in [0.15, 0.2) is 11.5 Å². The molecule has 0 bridgehead atoms. The highest BCUT2D eigenvalue weighted by molar-refractivity contribution is 5.91. The van der Waals surface area contributed by atoms with Crippen LogP contribution in [0.3, 0.4) is 0 Å². The second kappa shape index (κ2) is 8.28. The molecule has 130 valence electrons. The molecule has 2 heterocycles. The van der Waals surface area contributed by atoms with Crippen molar-refractivity contribution in [2.45, 2.75) is 20.3 Å². The Hall–Kier alpha value is -2.89. The molecule has 0 radical (unpaired) electrons. The predicted octanol–water partition coefficient (Wildman–Crippen LogP) is 3.48. The van der Waals surface area contributed by atoms with E-state index in [0.717, 1.165) is 35.4 Å². The number of ether oxygens (including phenoxy) is 2. The summed E-state index contributed by atoms with van der Waals surface area (Å²) in [5, 5.41) is 4.28. The van der Waals surface area contributed by atoms with Crippen LogP contribution in [0, 0.1) is 0 Å². The summed E-state index contributed by atoms with van der Waals surface area (Å²) in [4.78, 5) is 13.1. The SMILES string of the molecule is CCOc1cc2ncnc(NCCc3ccccn3)c2cc1OCC. The van der Waals surface area contributed by atoms with Gasteiger partial charge in [0, 0.05) is 36.3 Å². The first-order chi connectivity index (χ1) is 12.3. The number of fused-ring (bicyclic) bond motifs is 1. The van der Waals surface area contributed by atoms with Crippen molar-refractivity contribution < 1.29 is 9.47 Å². The number of anilines is 1. The van der Waals surface area contributed by atoms with Gasteiger partial charge in [0.05, 0.1) is 18.7 Å². The maximum atomic E-state index is 5.71. The Labute approximate surface area is 147 Å². The van der Waals surface area contributed by atoms with Crippen molar-refractivity contribution in [3.05, 3.63) is 48.5 Å². The zero-order valence-electron chi connectivity index (χ0n) is 14.5. The molecule has 1 aromatic carbocycles. The minimum absolute atomic E-state index is 0.571. The van der Waals surface area contributed by atoms with Gasteiger partial charge in [0.1, 0.15) is 12.1 Å². The van der Waals surface area contributed by atoms with Gasteiger partial charge in [0.2, 0.25) is 0 Å². The van der Waals surface area contributed by atoms with Gasteiger partial charge in [-0.05, 0) is 32.0 Å². The summed E-state index contributed by atoms with van der Waals surface area (Å²) in [6.07, 6.45) is 4.18. The zero-order chi connectivity index (χ0) is 17.5. The topological polar surface area (TPSA) is 69.2 Å². The van der Waals surface area contributed by atoms with E-state index in [-0.39, 0.29) is 0 Å². The van der Waals surface area contributed by atoms with Gasteiger partial charge in [-0.1, -0.05) is 6.07 Å². The van der Waals surface area contributed by atoms with Gasteiger partial charge in [-0.2, -0.15) is 0 Å². The van der Waals surface area contributed by atoms with Gasteiger partial charge in [0.25, 0.3) is 0 Å². The molecule has 3 aromatic rings. The third kappa shape index (κ3) is 4.15. The van der Waals surface area contributed by atoms with E-state index in [4.69, 9.17) is 9.47 Å². The quantitative estimate of drug-likeness (QED) is 0.678. The molecule has 0 unspecified atom stereocenters. The molecule has 0 spiro atoms. The van der Waals surface area contributed by atoms with Crippen LogP contribution in [-0.2, 0) is 6.42 Å². The Morgan fingerprint density at radius 3 is 2.48 bits per heavy atom. The smallest absolute Gasteiger partial charge is 0.163 e. The molecule has 1 N–H and O–H groups in total. The van der Waals surface area contributed by atoms with Crippen LogP contribution in [0.4, 0.5) is 5.82 Å². The van der Waals surface area contributed by atoms with E-state index >= 15 is 0 Å². The summed E-state index contributed by atoms with van der Waals surface area (Å²) in [7, 11) is 0. The number of hydrogen-bond donors (Lipinski definition) is 1. The second-order valence-corrected chi connectivity index (χ2v) is 5.40. The van der Waals surface area contributed by atoms with Crippen molar-refractivity contribution in [2.75, 3.05) is 25.1 Å².